The summed E-state index contributed by atoms with van der Waals surface area (Å²) >= 11 is 0. The molecule has 1 unspecified atom stereocenters. The molecule has 0 bridgehead atoms. The number of hydrogen-bond acceptors (Lipinski definition) is 3. The largest absolute Gasteiger partial charge is 0.493 e. The van der Waals surface area contributed by atoms with E-state index < -0.39 is 17.8 Å². The van der Waals surface area contributed by atoms with Crippen LogP contribution in [-0.2, 0) is 11.2 Å². The van der Waals surface area contributed by atoms with Crippen molar-refractivity contribution in [1.82, 2.24) is 0 Å². The maximum absolute atomic E-state index is 13.4. The fraction of sp³-hybridized carbons (Fsp3) is 0.500. The minimum Gasteiger partial charge on any atom is -0.493 e. The van der Waals surface area contributed by atoms with Crippen LogP contribution < -0.4 is 10.5 Å². The van der Waals surface area contributed by atoms with Gasteiger partial charge in [-0.3, -0.25) is 4.79 Å². The van der Waals surface area contributed by atoms with Gasteiger partial charge >= 0.3 is 5.97 Å². The molecule has 1 aliphatic rings. The Morgan fingerprint density at radius 3 is 2.79 bits per heavy atom. The van der Waals surface area contributed by atoms with Crippen molar-refractivity contribution in [3.05, 3.63) is 29.6 Å². The highest BCUT2D eigenvalue weighted by Crippen LogP contribution is 2.27. The molecule has 4 nitrogen and oxygen atoms in total. The van der Waals surface area contributed by atoms with Crippen LogP contribution in [0.1, 0.15) is 24.8 Å². The number of benzene rings is 1. The lowest BCUT2D eigenvalue weighted by Gasteiger charge is -2.25. The number of carbonyl (C=O) groups is 1. The number of rotatable bonds is 6. The molecule has 0 spiro atoms. The van der Waals surface area contributed by atoms with Gasteiger partial charge in [0.2, 0.25) is 0 Å². The Balaban J connectivity index is 1.99. The van der Waals surface area contributed by atoms with Crippen LogP contribution in [0.4, 0.5) is 4.39 Å². The van der Waals surface area contributed by atoms with Gasteiger partial charge in [-0.2, -0.15) is 0 Å². The molecule has 1 saturated carbocycles. The first-order valence-electron chi connectivity index (χ1n) is 6.45. The number of aliphatic carboxylic acids is 1. The van der Waals surface area contributed by atoms with Gasteiger partial charge in [-0.05, 0) is 42.9 Å². The predicted molar refractivity (Wildman–Crippen MR) is 68.6 cm³/mol. The molecular formula is C14H18FNO3. The van der Waals surface area contributed by atoms with Crippen LogP contribution >= 0.6 is 0 Å². The Morgan fingerprint density at radius 1 is 1.47 bits per heavy atom. The van der Waals surface area contributed by atoms with Gasteiger partial charge in [0.25, 0.3) is 0 Å². The van der Waals surface area contributed by atoms with Crippen LogP contribution in [-0.4, -0.2) is 23.7 Å². The van der Waals surface area contributed by atoms with E-state index in [-0.39, 0.29) is 6.42 Å². The molecule has 0 saturated heterocycles. The summed E-state index contributed by atoms with van der Waals surface area (Å²) in [6.45, 7) is 0.591. The van der Waals surface area contributed by atoms with Crippen molar-refractivity contribution in [2.24, 2.45) is 11.7 Å². The molecule has 1 atom stereocenters. The number of carboxylic acid groups (broad SMARTS) is 1. The molecule has 0 heterocycles. The zero-order valence-electron chi connectivity index (χ0n) is 10.6. The lowest BCUT2D eigenvalue weighted by molar-refractivity contribution is -0.138. The third kappa shape index (κ3) is 3.92. The highest BCUT2D eigenvalue weighted by Gasteiger charge is 2.18. The Bertz CT molecular complexity index is 460. The lowest BCUT2D eigenvalue weighted by Crippen LogP contribution is -2.32. The highest BCUT2D eigenvalue weighted by atomic mass is 19.1. The predicted octanol–water partition coefficient (Wildman–Crippen LogP) is 1.96. The molecule has 0 aromatic heterocycles. The number of carboxylic acids is 1. The van der Waals surface area contributed by atoms with Crippen LogP contribution in [0.25, 0.3) is 0 Å². The zero-order valence-corrected chi connectivity index (χ0v) is 10.6. The fourth-order valence-corrected chi connectivity index (χ4v) is 2.04. The van der Waals surface area contributed by atoms with Crippen molar-refractivity contribution in [3.8, 4) is 5.75 Å². The van der Waals surface area contributed by atoms with Gasteiger partial charge in [-0.25, -0.2) is 4.39 Å². The Morgan fingerprint density at radius 2 is 2.21 bits per heavy atom. The van der Waals surface area contributed by atoms with Gasteiger partial charge in [0.15, 0.2) is 0 Å². The minimum atomic E-state index is -1.10. The summed E-state index contributed by atoms with van der Waals surface area (Å²) in [5, 5.41) is 8.75. The van der Waals surface area contributed by atoms with Crippen LogP contribution in [0.3, 0.4) is 0 Å². The van der Waals surface area contributed by atoms with Crippen LogP contribution in [0.2, 0.25) is 0 Å². The van der Waals surface area contributed by atoms with Crippen LogP contribution in [0.5, 0.6) is 5.75 Å². The second-order valence-electron chi connectivity index (χ2n) is 5.05. The minimum absolute atomic E-state index is 0.0902. The summed E-state index contributed by atoms with van der Waals surface area (Å²) in [6, 6.07) is 3.24. The standard InChI is InChI=1S/C14H18FNO3/c15-11-4-10(6-13(16)14(17)18)5-12(7-11)19-8-9-2-1-3-9/h4-5,7,9,13H,1-3,6,8,16H2,(H,17,18). The first kappa shape index (κ1) is 13.8. The second-order valence-corrected chi connectivity index (χ2v) is 5.05. The van der Waals surface area contributed by atoms with Gasteiger partial charge < -0.3 is 15.6 Å². The summed E-state index contributed by atoms with van der Waals surface area (Å²) < 4.78 is 19.0. The first-order chi connectivity index (χ1) is 9.04. The average Bonchev–Trinajstić information content (AvgIpc) is 2.25. The zero-order chi connectivity index (χ0) is 13.8. The van der Waals surface area contributed by atoms with E-state index in [9.17, 15) is 9.18 Å². The molecule has 1 aromatic rings. The Kier molecular flexibility index (Phi) is 4.37. The van der Waals surface area contributed by atoms with E-state index in [1.807, 2.05) is 0 Å². The SMILES string of the molecule is NC(Cc1cc(F)cc(OCC2CCC2)c1)C(=O)O. The molecule has 0 radical (unpaired) electrons. The van der Waals surface area contributed by atoms with Crippen molar-refractivity contribution in [3.63, 3.8) is 0 Å². The van der Waals surface area contributed by atoms with Crippen molar-refractivity contribution in [1.29, 1.82) is 0 Å². The van der Waals surface area contributed by atoms with Gasteiger partial charge in [0, 0.05) is 6.07 Å². The molecular weight excluding hydrogens is 249 g/mol. The van der Waals surface area contributed by atoms with E-state index in [2.05, 4.69) is 0 Å². The number of ether oxygens (including phenoxy) is 1. The number of halogens is 1. The molecule has 1 aliphatic carbocycles. The molecule has 19 heavy (non-hydrogen) atoms. The Hall–Kier alpha value is -1.62. The summed E-state index contributed by atoms with van der Waals surface area (Å²) in [6.07, 6.45) is 3.64. The van der Waals surface area contributed by atoms with E-state index in [0.717, 1.165) is 12.8 Å². The van der Waals surface area contributed by atoms with Crippen molar-refractivity contribution >= 4 is 5.97 Å². The molecule has 3 N–H and O–H groups in total. The lowest BCUT2D eigenvalue weighted by atomic mass is 9.86. The maximum Gasteiger partial charge on any atom is 0.320 e. The summed E-state index contributed by atoms with van der Waals surface area (Å²) in [4.78, 5) is 10.7. The van der Waals surface area contributed by atoms with Crippen LogP contribution in [0, 0.1) is 11.7 Å². The van der Waals surface area contributed by atoms with E-state index in [1.54, 1.807) is 6.07 Å². The summed E-state index contributed by atoms with van der Waals surface area (Å²) in [5.41, 5.74) is 5.98. The van der Waals surface area contributed by atoms with Gasteiger partial charge in [0.05, 0.1) is 6.61 Å². The average molecular weight is 267 g/mol. The third-order valence-electron chi connectivity index (χ3n) is 3.41. The van der Waals surface area contributed by atoms with E-state index in [1.165, 1.54) is 18.6 Å². The number of hydrogen-bond donors (Lipinski definition) is 2. The summed E-state index contributed by atoms with van der Waals surface area (Å²) in [5.74, 6) is -0.521. The molecule has 1 aromatic carbocycles. The quantitative estimate of drug-likeness (QED) is 0.826. The van der Waals surface area contributed by atoms with Crippen molar-refractivity contribution in [2.75, 3.05) is 6.61 Å². The molecule has 104 valence electrons. The van der Waals surface area contributed by atoms with Crippen LogP contribution in [0.15, 0.2) is 18.2 Å². The monoisotopic (exact) mass is 267 g/mol. The molecule has 2 rings (SSSR count). The maximum atomic E-state index is 13.4. The van der Waals surface area contributed by atoms with E-state index in [0.29, 0.717) is 23.8 Å². The van der Waals surface area contributed by atoms with Gasteiger partial charge in [-0.15, -0.1) is 0 Å². The molecule has 0 amide bonds. The van der Waals surface area contributed by atoms with Gasteiger partial charge in [-0.1, -0.05) is 6.42 Å². The fourth-order valence-electron chi connectivity index (χ4n) is 2.04. The van der Waals surface area contributed by atoms with Crippen molar-refractivity contribution < 1.29 is 19.0 Å². The molecule has 0 aliphatic heterocycles. The smallest absolute Gasteiger partial charge is 0.320 e. The first-order valence-corrected chi connectivity index (χ1v) is 6.45. The number of nitrogens with two attached hydrogens (primary N) is 1. The highest BCUT2D eigenvalue weighted by molar-refractivity contribution is 5.73. The second kappa shape index (κ2) is 6.02. The van der Waals surface area contributed by atoms with E-state index in [4.69, 9.17) is 15.6 Å². The van der Waals surface area contributed by atoms with Crippen molar-refractivity contribution in [2.45, 2.75) is 31.7 Å². The molecule has 5 heteroatoms. The summed E-state index contributed by atoms with van der Waals surface area (Å²) in [7, 11) is 0. The molecule has 1 fully saturated rings. The Labute approximate surface area is 111 Å². The topological polar surface area (TPSA) is 72.5 Å². The van der Waals surface area contributed by atoms with Gasteiger partial charge in [0.1, 0.15) is 17.6 Å². The van der Waals surface area contributed by atoms with E-state index >= 15 is 0 Å². The normalized spacial score (nSPS) is 16.7. The third-order valence-corrected chi connectivity index (χ3v) is 3.41.